The molecule has 0 atom stereocenters. The maximum atomic E-state index is 4.63. The Balaban J connectivity index is 2.09. The number of nitrogens with zero attached hydrogens (tertiary/aromatic N) is 1. The predicted molar refractivity (Wildman–Crippen MR) is 93.3 cm³/mol. The summed E-state index contributed by atoms with van der Waals surface area (Å²) in [6.45, 7) is 2.20. The van der Waals surface area contributed by atoms with Crippen molar-refractivity contribution >= 4 is 43.5 Å². The number of para-hydroxylation sites is 2. The summed E-state index contributed by atoms with van der Waals surface area (Å²) in [5.74, 6) is 0. The van der Waals surface area contributed by atoms with Gasteiger partial charge in [-0.15, -0.1) is 0 Å². The van der Waals surface area contributed by atoms with Gasteiger partial charge in [-0.3, -0.25) is 4.98 Å². The molecule has 5 aromatic rings. The molecule has 2 heterocycles. The lowest BCUT2D eigenvalue weighted by molar-refractivity contribution is 1.43. The van der Waals surface area contributed by atoms with Gasteiger partial charge in [0.1, 0.15) is 0 Å². The topological polar surface area (TPSA) is 28.7 Å². The van der Waals surface area contributed by atoms with E-state index < -0.39 is 0 Å². The fourth-order valence-electron chi connectivity index (χ4n) is 3.57. The fourth-order valence-corrected chi connectivity index (χ4v) is 3.57. The van der Waals surface area contributed by atoms with Crippen molar-refractivity contribution in [3.8, 4) is 0 Å². The Morgan fingerprint density at radius 3 is 2.45 bits per heavy atom. The van der Waals surface area contributed by atoms with Gasteiger partial charge in [-0.1, -0.05) is 36.4 Å². The van der Waals surface area contributed by atoms with Gasteiger partial charge in [0.05, 0.1) is 5.52 Å². The number of aromatic nitrogens is 2. The van der Waals surface area contributed by atoms with Crippen molar-refractivity contribution in [2.24, 2.45) is 0 Å². The Labute approximate surface area is 127 Å². The number of fused-ring (bicyclic) bond motifs is 6. The molecule has 104 valence electrons. The molecule has 0 aliphatic rings. The number of aryl methyl sites for hydroxylation is 1. The number of nitrogens with one attached hydrogen (secondary N) is 1. The number of rotatable bonds is 0. The first-order chi connectivity index (χ1) is 10.8. The van der Waals surface area contributed by atoms with Crippen LogP contribution in [-0.4, -0.2) is 9.97 Å². The highest BCUT2D eigenvalue weighted by atomic mass is 14.7. The van der Waals surface area contributed by atoms with E-state index in [1.54, 1.807) is 0 Å². The molecule has 0 amide bonds. The summed E-state index contributed by atoms with van der Waals surface area (Å²) in [5.41, 5.74) is 4.73. The Kier molecular flexibility index (Phi) is 2.18. The van der Waals surface area contributed by atoms with E-state index in [2.05, 4.69) is 65.4 Å². The number of benzene rings is 3. The zero-order valence-corrected chi connectivity index (χ0v) is 12.2. The Morgan fingerprint density at radius 2 is 1.55 bits per heavy atom. The number of aromatic amines is 1. The van der Waals surface area contributed by atoms with Crippen LogP contribution in [0.25, 0.3) is 43.5 Å². The lowest BCUT2D eigenvalue weighted by Crippen LogP contribution is -1.86. The fraction of sp³-hybridized carbons (Fsp3) is 0.0500. The minimum Gasteiger partial charge on any atom is -0.354 e. The zero-order chi connectivity index (χ0) is 14.7. The number of H-pyrrole nitrogens is 1. The molecule has 2 nitrogen and oxygen atoms in total. The SMILES string of the molecule is Cc1c2cnc3ccccc3c2cc2[nH]c3ccccc3c12. The predicted octanol–water partition coefficient (Wildman–Crippen LogP) is 5.33. The van der Waals surface area contributed by atoms with Crippen LogP contribution in [0.2, 0.25) is 0 Å². The second kappa shape index (κ2) is 4.08. The molecule has 0 saturated carbocycles. The van der Waals surface area contributed by atoms with Gasteiger partial charge >= 0.3 is 0 Å². The molecule has 2 aromatic heterocycles. The molecule has 2 heteroatoms. The second-order valence-corrected chi connectivity index (χ2v) is 5.83. The van der Waals surface area contributed by atoms with Crippen LogP contribution in [0.3, 0.4) is 0 Å². The number of hydrogen-bond acceptors (Lipinski definition) is 1. The highest BCUT2D eigenvalue weighted by Crippen LogP contribution is 2.35. The lowest BCUT2D eigenvalue weighted by atomic mass is 9.98. The molecule has 0 saturated heterocycles. The van der Waals surface area contributed by atoms with E-state index in [0.29, 0.717) is 0 Å². The van der Waals surface area contributed by atoms with E-state index in [9.17, 15) is 0 Å². The summed E-state index contributed by atoms with van der Waals surface area (Å²) in [4.78, 5) is 8.19. The van der Waals surface area contributed by atoms with E-state index >= 15 is 0 Å². The van der Waals surface area contributed by atoms with Crippen molar-refractivity contribution in [3.63, 3.8) is 0 Å². The van der Waals surface area contributed by atoms with Crippen LogP contribution < -0.4 is 0 Å². The molecular formula is C20H14N2. The average molecular weight is 282 g/mol. The first-order valence-corrected chi connectivity index (χ1v) is 7.50. The lowest BCUT2D eigenvalue weighted by Gasteiger charge is -2.07. The van der Waals surface area contributed by atoms with Crippen molar-refractivity contribution in [1.29, 1.82) is 0 Å². The third kappa shape index (κ3) is 1.41. The Bertz CT molecular complexity index is 1180. The molecule has 3 aromatic carbocycles. The van der Waals surface area contributed by atoms with Gasteiger partial charge in [0, 0.05) is 38.8 Å². The molecule has 0 unspecified atom stereocenters. The smallest absolute Gasteiger partial charge is 0.0708 e. The summed E-state index contributed by atoms with van der Waals surface area (Å²) in [5, 5.41) is 6.30. The van der Waals surface area contributed by atoms with Gasteiger partial charge in [0.15, 0.2) is 0 Å². The largest absolute Gasteiger partial charge is 0.354 e. The van der Waals surface area contributed by atoms with E-state index in [1.807, 2.05) is 12.3 Å². The monoisotopic (exact) mass is 282 g/mol. The Morgan fingerprint density at radius 1 is 0.773 bits per heavy atom. The van der Waals surface area contributed by atoms with E-state index in [-0.39, 0.29) is 0 Å². The van der Waals surface area contributed by atoms with Gasteiger partial charge in [-0.05, 0) is 36.1 Å². The third-order valence-corrected chi connectivity index (χ3v) is 4.62. The van der Waals surface area contributed by atoms with Crippen LogP contribution in [0.15, 0.2) is 60.8 Å². The van der Waals surface area contributed by atoms with Crippen molar-refractivity contribution in [2.45, 2.75) is 6.92 Å². The molecule has 0 fully saturated rings. The van der Waals surface area contributed by atoms with Crippen LogP contribution in [0.4, 0.5) is 0 Å². The van der Waals surface area contributed by atoms with Gasteiger partial charge < -0.3 is 4.98 Å². The van der Waals surface area contributed by atoms with Crippen LogP contribution in [0, 0.1) is 6.92 Å². The first kappa shape index (κ1) is 11.8. The standard InChI is InChI=1S/C20H14N2/c1-12-16-11-21-17-8-4-2-6-13(17)15(16)10-19-20(12)14-7-3-5-9-18(14)22-19/h2-11,22H,1H3. The van der Waals surface area contributed by atoms with Gasteiger partial charge in [-0.2, -0.15) is 0 Å². The molecule has 5 rings (SSSR count). The summed E-state index contributed by atoms with van der Waals surface area (Å²) in [6.07, 6.45) is 2.01. The van der Waals surface area contributed by atoms with Crippen LogP contribution in [-0.2, 0) is 0 Å². The quantitative estimate of drug-likeness (QED) is 0.382. The number of hydrogen-bond donors (Lipinski definition) is 1. The van der Waals surface area contributed by atoms with Gasteiger partial charge in [-0.25, -0.2) is 0 Å². The summed E-state index contributed by atoms with van der Waals surface area (Å²) in [6, 6.07) is 19.1. The highest BCUT2D eigenvalue weighted by molar-refractivity contribution is 6.18. The first-order valence-electron chi connectivity index (χ1n) is 7.50. The van der Waals surface area contributed by atoms with Crippen molar-refractivity contribution in [3.05, 3.63) is 66.4 Å². The Hall–Kier alpha value is -2.87. The van der Waals surface area contributed by atoms with E-state index in [0.717, 1.165) is 5.52 Å². The zero-order valence-electron chi connectivity index (χ0n) is 12.2. The highest BCUT2D eigenvalue weighted by Gasteiger charge is 2.11. The summed E-state index contributed by atoms with van der Waals surface area (Å²) < 4.78 is 0. The van der Waals surface area contributed by atoms with Crippen LogP contribution in [0.5, 0.6) is 0 Å². The minimum atomic E-state index is 1.05. The number of pyridine rings is 1. The van der Waals surface area contributed by atoms with E-state index in [1.165, 1.54) is 43.5 Å². The molecule has 0 radical (unpaired) electrons. The third-order valence-electron chi connectivity index (χ3n) is 4.62. The molecule has 22 heavy (non-hydrogen) atoms. The second-order valence-electron chi connectivity index (χ2n) is 5.83. The maximum absolute atomic E-state index is 4.63. The average Bonchev–Trinajstić information content (AvgIpc) is 2.93. The maximum Gasteiger partial charge on any atom is 0.0708 e. The minimum absolute atomic E-state index is 1.05. The van der Waals surface area contributed by atoms with E-state index in [4.69, 9.17) is 0 Å². The molecular weight excluding hydrogens is 268 g/mol. The molecule has 0 spiro atoms. The van der Waals surface area contributed by atoms with Gasteiger partial charge in [0.25, 0.3) is 0 Å². The van der Waals surface area contributed by atoms with Crippen LogP contribution in [0.1, 0.15) is 5.56 Å². The van der Waals surface area contributed by atoms with Crippen molar-refractivity contribution in [1.82, 2.24) is 9.97 Å². The van der Waals surface area contributed by atoms with Crippen molar-refractivity contribution in [2.75, 3.05) is 0 Å². The molecule has 0 bridgehead atoms. The summed E-state index contributed by atoms with van der Waals surface area (Å²) >= 11 is 0. The molecule has 1 N–H and O–H groups in total. The van der Waals surface area contributed by atoms with Crippen molar-refractivity contribution < 1.29 is 0 Å². The van der Waals surface area contributed by atoms with Crippen LogP contribution >= 0.6 is 0 Å². The summed E-state index contributed by atoms with van der Waals surface area (Å²) in [7, 11) is 0. The van der Waals surface area contributed by atoms with Gasteiger partial charge in [0.2, 0.25) is 0 Å². The molecule has 0 aliphatic heterocycles. The molecule has 0 aliphatic carbocycles. The normalized spacial score (nSPS) is 11.9.